The summed E-state index contributed by atoms with van der Waals surface area (Å²) in [5, 5.41) is 2.78. The number of halogens is 1. The van der Waals surface area contributed by atoms with E-state index in [9.17, 15) is 9.18 Å². The molecule has 27 heavy (non-hydrogen) atoms. The highest BCUT2D eigenvalue weighted by Crippen LogP contribution is 2.28. The summed E-state index contributed by atoms with van der Waals surface area (Å²) in [4.78, 5) is 22.6. The zero-order valence-corrected chi connectivity index (χ0v) is 15.6. The van der Waals surface area contributed by atoms with Gasteiger partial charge in [-0.1, -0.05) is 6.07 Å². The second-order valence-electron chi connectivity index (χ2n) is 7.30. The lowest BCUT2D eigenvalue weighted by Gasteiger charge is -2.31. The van der Waals surface area contributed by atoms with Gasteiger partial charge in [0.2, 0.25) is 0 Å². The summed E-state index contributed by atoms with van der Waals surface area (Å²) >= 11 is 0. The van der Waals surface area contributed by atoms with Gasteiger partial charge in [0.1, 0.15) is 11.6 Å². The largest absolute Gasteiger partial charge is 0.342 e. The molecule has 0 saturated carbocycles. The normalized spacial score (nSPS) is 17.3. The molecule has 1 saturated heterocycles. The van der Waals surface area contributed by atoms with Gasteiger partial charge in [-0.15, -0.1) is 0 Å². The lowest BCUT2D eigenvalue weighted by atomic mass is 9.97. The Morgan fingerprint density at radius 2 is 2.07 bits per heavy atom. The van der Waals surface area contributed by atoms with Gasteiger partial charge >= 0.3 is 6.03 Å². The van der Waals surface area contributed by atoms with E-state index >= 15 is 0 Å². The first-order valence-corrected chi connectivity index (χ1v) is 9.28. The minimum absolute atomic E-state index is 0.171. The molecule has 2 heterocycles. The Bertz CT molecular complexity index is 958. The number of urea groups is 1. The van der Waals surface area contributed by atoms with Crippen molar-refractivity contribution >= 4 is 22.8 Å². The van der Waals surface area contributed by atoms with Crippen LogP contribution < -0.4 is 5.32 Å². The average molecular weight is 366 g/mol. The molecular formula is C21H23FN4O. The maximum absolute atomic E-state index is 13.3. The molecule has 1 aliphatic rings. The summed E-state index contributed by atoms with van der Waals surface area (Å²) in [5.74, 6) is 0.737. The monoisotopic (exact) mass is 366 g/mol. The van der Waals surface area contributed by atoms with Crippen molar-refractivity contribution in [1.82, 2.24) is 14.9 Å². The fourth-order valence-corrected chi connectivity index (χ4v) is 3.64. The Labute approximate surface area is 157 Å². The summed E-state index contributed by atoms with van der Waals surface area (Å²) in [6, 6.07) is 9.98. The summed E-state index contributed by atoms with van der Waals surface area (Å²) in [7, 11) is 0. The molecule has 1 fully saturated rings. The highest BCUT2D eigenvalue weighted by atomic mass is 19.1. The van der Waals surface area contributed by atoms with Gasteiger partial charge in [0.05, 0.1) is 11.0 Å². The molecule has 1 aliphatic heterocycles. The summed E-state index contributed by atoms with van der Waals surface area (Å²) in [6.45, 7) is 5.46. The molecule has 2 aromatic carbocycles. The maximum Gasteiger partial charge on any atom is 0.321 e. The number of nitrogens with one attached hydrogen (secondary N) is 2. The molecule has 1 aromatic heterocycles. The minimum atomic E-state index is -0.364. The number of nitrogens with zero attached hydrogens (tertiary/aromatic N) is 2. The second kappa shape index (κ2) is 7.02. The number of H-pyrrole nitrogens is 1. The van der Waals surface area contributed by atoms with E-state index in [4.69, 9.17) is 4.98 Å². The summed E-state index contributed by atoms with van der Waals surface area (Å²) < 4.78 is 13.3. The van der Waals surface area contributed by atoms with Crippen molar-refractivity contribution in [3.63, 3.8) is 0 Å². The van der Waals surface area contributed by atoms with Crippen LogP contribution in [0.3, 0.4) is 0 Å². The third kappa shape index (κ3) is 3.65. The number of piperidine rings is 1. The molecule has 6 heteroatoms. The minimum Gasteiger partial charge on any atom is -0.342 e. The Hall–Kier alpha value is -2.89. The molecule has 2 N–H and O–H groups in total. The second-order valence-corrected chi connectivity index (χ2v) is 7.30. The van der Waals surface area contributed by atoms with Gasteiger partial charge in [-0.3, -0.25) is 0 Å². The first-order chi connectivity index (χ1) is 13.0. The third-order valence-corrected chi connectivity index (χ3v) is 5.29. The number of aromatic nitrogens is 2. The number of aryl methyl sites for hydroxylation is 2. The molecule has 0 bridgehead atoms. The van der Waals surface area contributed by atoms with Crippen LogP contribution in [-0.2, 0) is 0 Å². The first-order valence-electron chi connectivity index (χ1n) is 9.28. The number of benzene rings is 2. The van der Waals surface area contributed by atoms with Gasteiger partial charge in [0, 0.05) is 24.7 Å². The van der Waals surface area contributed by atoms with E-state index < -0.39 is 0 Å². The van der Waals surface area contributed by atoms with Crippen LogP contribution in [0.4, 0.5) is 14.9 Å². The molecule has 0 spiro atoms. The predicted octanol–water partition coefficient (Wildman–Crippen LogP) is 4.73. The number of rotatable bonds is 2. The number of imidazole rings is 1. The number of hydrogen-bond acceptors (Lipinski definition) is 2. The van der Waals surface area contributed by atoms with Gasteiger partial charge in [0.15, 0.2) is 0 Å². The van der Waals surface area contributed by atoms with E-state index in [-0.39, 0.29) is 17.8 Å². The molecule has 140 valence electrons. The van der Waals surface area contributed by atoms with Crippen LogP contribution in [0, 0.1) is 19.7 Å². The van der Waals surface area contributed by atoms with Crippen LogP contribution in [0.1, 0.15) is 35.7 Å². The van der Waals surface area contributed by atoms with Crippen LogP contribution in [0.5, 0.6) is 0 Å². The van der Waals surface area contributed by atoms with Crippen LogP contribution >= 0.6 is 0 Å². The van der Waals surface area contributed by atoms with Crippen LogP contribution in [0.2, 0.25) is 0 Å². The van der Waals surface area contributed by atoms with E-state index in [1.54, 1.807) is 17.0 Å². The van der Waals surface area contributed by atoms with Gasteiger partial charge in [-0.2, -0.15) is 0 Å². The molecule has 1 unspecified atom stereocenters. The van der Waals surface area contributed by atoms with E-state index in [1.165, 1.54) is 23.3 Å². The maximum atomic E-state index is 13.3. The lowest BCUT2D eigenvalue weighted by Crippen LogP contribution is -2.41. The Kier molecular flexibility index (Phi) is 4.56. The van der Waals surface area contributed by atoms with Crippen LogP contribution in [0.25, 0.3) is 11.0 Å². The standard InChI is InChI=1S/C21H23FN4O/c1-13-9-18-19(10-14(13)2)25-20(24-18)15-5-4-8-26(12-15)21(27)23-17-7-3-6-16(22)11-17/h3,6-7,9-11,15H,4-5,8,12H2,1-2H3,(H,23,27)(H,24,25). The number of amides is 2. The highest BCUT2D eigenvalue weighted by Gasteiger charge is 2.27. The number of hydrogen-bond donors (Lipinski definition) is 2. The van der Waals surface area contributed by atoms with E-state index in [2.05, 4.69) is 36.3 Å². The SMILES string of the molecule is Cc1cc2nc(C3CCCN(C(=O)Nc4cccc(F)c4)C3)[nH]c2cc1C. The van der Waals surface area contributed by atoms with E-state index in [0.29, 0.717) is 18.8 Å². The molecule has 3 aromatic rings. The van der Waals surface area contributed by atoms with Crippen LogP contribution in [0.15, 0.2) is 36.4 Å². The molecule has 4 rings (SSSR count). The predicted molar refractivity (Wildman–Crippen MR) is 105 cm³/mol. The number of likely N-dealkylation sites (tertiary alicyclic amines) is 1. The molecular weight excluding hydrogens is 343 g/mol. The molecule has 1 atom stereocenters. The van der Waals surface area contributed by atoms with Gasteiger partial charge < -0.3 is 15.2 Å². The molecule has 2 amide bonds. The van der Waals surface area contributed by atoms with Crippen molar-refractivity contribution in [2.45, 2.75) is 32.6 Å². The zero-order valence-electron chi connectivity index (χ0n) is 15.6. The Morgan fingerprint density at radius 1 is 1.26 bits per heavy atom. The number of aromatic amines is 1. The number of fused-ring (bicyclic) bond motifs is 1. The smallest absolute Gasteiger partial charge is 0.321 e. The van der Waals surface area contributed by atoms with E-state index in [0.717, 1.165) is 29.7 Å². The molecule has 0 aliphatic carbocycles. The average Bonchev–Trinajstić information content (AvgIpc) is 3.05. The van der Waals surface area contributed by atoms with Crippen molar-refractivity contribution in [3.8, 4) is 0 Å². The third-order valence-electron chi connectivity index (χ3n) is 5.29. The van der Waals surface area contributed by atoms with Crippen molar-refractivity contribution in [1.29, 1.82) is 0 Å². The van der Waals surface area contributed by atoms with Crippen molar-refractivity contribution in [3.05, 3.63) is 59.2 Å². The number of anilines is 1. The van der Waals surface area contributed by atoms with Gasteiger partial charge in [-0.05, 0) is 68.1 Å². The molecule has 0 radical (unpaired) electrons. The van der Waals surface area contributed by atoms with Crippen molar-refractivity contribution < 1.29 is 9.18 Å². The zero-order chi connectivity index (χ0) is 19.0. The highest BCUT2D eigenvalue weighted by molar-refractivity contribution is 5.89. The quantitative estimate of drug-likeness (QED) is 0.689. The first kappa shape index (κ1) is 17.5. The van der Waals surface area contributed by atoms with Gasteiger partial charge in [-0.25, -0.2) is 14.2 Å². The van der Waals surface area contributed by atoms with Crippen molar-refractivity contribution in [2.24, 2.45) is 0 Å². The van der Waals surface area contributed by atoms with E-state index in [1.807, 2.05) is 0 Å². The van der Waals surface area contributed by atoms with Gasteiger partial charge in [0.25, 0.3) is 0 Å². The summed E-state index contributed by atoms with van der Waals surface area (Å²) in [6.07, 6.45) is 1.90. The summed E-state index contributed by atoms with van der Waals surface area (Å²) in [5.41, 5.74) is 4.93. The number of carbonyl (C=O) groups is 1. The van der Waals surface area contributed by atoms with Crippen molar-refractivity contribution in [2.75, 3.05) is 18.4 Å². The Morgan fingerprint density at radius 3 is 2.89 bits per heavy atom. The fourth-order valence-electron chi connectivity index (χ4n) is 3.64. The number of carbonyl (C=O) groups excluding carboxylic acids is 1. The molecule has 5 nitrogen and oxygen atoms in total. The topological polar surface area (TPSA) is 61.0 Å². The Balaban J connectivity index is 1.50. The lowest BCUT2D eigenvalue weighted by molar-refractivity contribution is 0.191. The van der Waals surface area contributed by atoms with Crippen LogP contribution in [-0.4, -0.2) is 34.0 Å². The fraction of sp³-hybridized carbons (Fsp3) is 0.333.